The van der Waals surface area contributed by atoms with E-state index < -0.39 is 23.5 Å². The number of hydrogen-bond donors (Lipinski definition) is 2. The van der Waals surface area contributed by atoms with Gasteiger partial charge in [0.05, 0.1) is 22.6 Å². The van der Waals surface area contributed by atoms with E-state index in [2.05, 4.69) is 24.5 Å². The summed E-state index contributed by atoms with van der Waals surface area (Å²) in [7, 11) is 0. The van der Waals surface area contributed by atoms with Crippen LogP contribution in [0.3, 0.4) is 0 Å². The minimum Gasteiger partial charge on any atom is -0.334 e. The molecule has 1 spiro atoms. The molecular formula is C27H27N5O4. The molecule has 2 bridgehead atoms. The van der Waals surface area contributed by atoms with Crippen molar-refractivity contribution < 1.29 is 14.3 Å². The van der Waals surface area contributed by atoms with Crippen LogP contribution in [0.25, 0.3) is 10.9 Å². The van der Waals surface area contributed by atoms with Crippen molar-refractivity contribution in [2.45, 2.75) is 63.2 Å². The smallest absolute Gasteiger partial charge is 0.262 e. The fourth-order valence-electron chi connectivity index (χ4n) is 6.61. The van der Waals surface area contributed by atoms with Crippen LogP contribution in [-0.4, -0.2) is 33.6 Å². The van der Waals surface area contributed by atoms with E-state index in [1.807, 2.05) is 30.3 Å². The number of rotatable bonds is 2. The first-order valence-corrected chi connectivity index (χ1v) is 12.5. The molecule has 0 aliphatic carbocycles. The number of ether oxygens (including phenoxy) is 1. The number of aromatic nitrogens is 2. The van der Waals surface area contributed by atoms with Gasteiger partial charge in [-0.15, -0.1) is 0 Å². The second-order valence-corrected chi connectivity index (χ2v) is 10.8. The molecule has 2 fully saturated rings. The molecule has 9 heteroatoms. The third-order valence-corrected chi connectivity index (χ3v) is 8.01. The number of carbonyl (C=O) groups excluding carboxylic acids is 2. The van der Waals surface area contributed by atoms with Crippen LogP contribution >= 0.6 is 0 Å². The zero-order valence-corrected chi connectivity index (χ0v) is 20.3. The molecular weight excluding hydrogens is 458 g/mol. The van der Waals surface area contributed by atoms with Gasteiger partial charge in [-0.2, -0.15) is 0 Å². The predicted octanol–water partition coefficient (Wildman–Crippen LogP) is 2.25. The van der Waals surface area contributed by atoms with E-state index in [0.717, 1.165) is 11.3 Å². The zero-order valence-electron chi connectivity index (χ0n) is 20.3. The van der Waals surface area contributed by atoms with Gasteiger partial charge in [-0.05, 0) is 37.5 Å². The van der Waals surface area contributed by atoms with Crippen LogP contribution in [0.1, 0.15) is 51.0 Å². The van der Waals surface area contributed by atoms with E-state index in [1.54, 1.807) is 30.0 Å². The van der Waals surface area contributed by atoms with Crippen LogP contribution in [0.5, 0.6) is 0 Å². The maximum Gasteiger partial charge on any atom is 0.262 e. The number of anilines is 1. The van der Waals surface area contributed by atoms with Gasteiger partial charge in [-0.25, -0.2) is 4.98 Å². The average molecular weight is 486 g/mol. The molecule has 5 aliphatic rings. The number of hydrogen-bond acceptors (Lipinski definition) is 6. The molecule has 2 N–H and O–H groups in total. The lowest BCUT2D eigenvalue weighted by Gasteiger charge is -2.40. The molecule has 9 nitrogen and oxygen atoms in total. The Morgan fingerprint density at radius 2 is 1.86 bits per heavy atom. The molecule has 2 aromatic carbocycles. The molecule has 8 rings (SSSR count). The van der Waals surface area contributed by atoms with E-state index in [-0.39, 0.29) is 29.8 Å². The van der Waals surface area contributed by atoms with Crippen molar-refractivity contribution in [2.75, 3.05) is 4.90 Å². The fourth-order valence-corrected chi connectivity index (χ4v) is 6.61. The molecule has 2 amide bonds. The van der Waals surface area contributed by atoms with E-state index in [9.17, 15) is 14.4 Å². The van der Waals surface area contributed by atoms with Crippen molar-refractivity contribution in [1.29, 1.82) is 0 Å². The van der Waals surface area contributed by atoms with Crippen molar-refractivity contribution in [1.82, 2.24) is 20.2 Å². The van der Waals surface area contributed by atoms with Crippen molar-refractivity contribution in [3.8, 4) is 0 Å². The van der Waals surface area contributed by atoms with Crippen molar-refractivity contribution >= 4 is 28.4 Å². The van der Waals surface area contributed by atoms with Gasteiger partial charge in [0.25, 0.3) is 5.56 Å². The quantitative estimate of drug-likeness (QED) is 0.577. The van der Waals surface area contributed by atoms with Crippen LogP contribution in [-0.2, 0) is 25.7 Å². The summed E-state index contributed by atoms with van der Waals surface area (Å²) in [4.78, 5) is 47.4. The van der Waals surface area contributed by atoms with Gasteiger partial charge in [-0.3, -0.25) is 29.2 Å². The van der Waals surface area contributed by atoms with Gasteiger partial charge < -0.3 is 10.1 Å². The van der Waals surface area contributed by atoms with Crippen molar-refractivity contribution in [3.05, 3.63) is 70.3 Å². The van der Waals surface area contributed by atoms with E-state index in [1.165, 1.54) is 4.57 Å². The van der Waals surface area contributed by atoms with Crippen LogP contribution in [0, 0.1) is 5.92 Å². The van der Waals surface area contributed by atoms with Crippen LogP contribution in [0.2, 0.25) is 0 Å². The number of benzene rings is 2. The summed E-state index contributed by atoms with van der Waals surface area (Å²) in [6.07, 6.45) is 0.364. The third kappa shape index (κ3) is 2.62. The Hall–Kier alpha value is -3.56. The zero-order chi connectivity index (χ0) is 25.0. The third-order valence-electron chi connectivity index (χ3n) is 8.01. The highest BCUT2D eigenvalue weighted by molar-refractivity contribution is 6.03. The highest BCUT2D eigenvalue weighted by Crippen LogP contribution is 2.56. The van der Waals surface area contributed by atoms with E-state index in [4.69, 9.17) is 9.72 Å². The highest BCUT2D eigenvalue weighted by Gasteiger charge is 2.66. The van der Waals surface area contributed by atoms with Gasteiger partial charge in [0.1, 0.15) is 17.8 Å². The fraction of sp³-hybridized carbons (Fsp3) is 0.407. The lowest BCUT2D eigenvalue weighted by molar-refractivity contribution is -0.181. The number of amides is 2. The molecule has 5 aliphatic heterocycles. The first-order valence-electron chi connectivity index (χ1n) is 12.5. The van der Waals surface area contributed by atoms with Gasteiger partial charge in [-0.1, -0.05) is 44.2 Å². The normalized spacial score (nSPS) is 32.1. The monoisotopic (exact) mass is 485 g/mol. The van der Waals surface area contributed by atoms with Crippen LogP contribution in [0.4, 0.5) is 5.69 Å². The first kappa shape index (κ1) is 21.7. The summed E-state index contributed by atoms with van der Waals surface area (Å²) in [5, 5.41) is 7.01. The Morgan fingerprint density at radius 3 is 2.67 bits per heavy atom. The SMILES string of the molecule is CC(C)C[C@@H]1N[C@@H]2N(C1=O)c1ccccc1[C@]21C[C@@H]2C(=O)N[C@@](C)(O1)c1nc3ccccc3c(=O)n12. The summed E-state index contributed by atoms with van der Waals surface area (Å²) in [5.74, 6) is 0.400. The standard InChI is InChI=1S/C27H27N5O4/c1-14(2)12-18-23(35)31-19-11-7-5-9-16(19)27(25(31)29-18)13-20-21(33)30-26(3,36-27)24-28-17-10-6-4-8-15(17)22(34)32(20)24/h4-11,14,18,20,25,29H,12-13H2,1-3H3,(H,30,33)/t18-,20+,25+,26-,27+/m0/s1. The number of carbonyl (C=O) groups is 2. The average Bonchev–Trinajstić information content (AvgIpc) is 3.20. The number of nitrogens with one attached hydrogen (secondary N) is 2. The molecule has 0 unspecified atom stereocenters. The Labute approximate surface area is 207 Å². The molecule has 1 aromatic heterocycles. The van der Waals surface area contributed by atoms with Crippen LogP contribution in [0.15, 0.2) is 53.3 Å². The van der Waals surface area contributed by atoms with Gasteiger partial charge in [0.2, 0.25) is 11.8 Å². The van der Waals surface area contributed by atoms with Crippen LogP contribution < -0.4 is 21.1 Å². The van der Waals surface area contributed by atoms with Crippen molar-refractivity contribution in [2.24, 2.45) is 5.92 Å². The Morgan fingerprint density at radius 1 is 1.11 bits per heavy atom. The summed E-state index contributed by atoms with van der Waals surface area (Å²) in [6, 6.07) is 13.6. The van der Waals surface area contributed by atoms with E-state index in [0.29, 0.717) is 29.1 Å². The number of fused-ring (bicyclic) bond motifs is 5. The molecule has 36 heavy (non-hydrogen) atoms. The minimum absolute atomic E-state index is 0.00111. The maximum absolute atomic E-state index is 13.7. The van der Waals surface area contributed by atoms with E-state index >= 15 is 0 Å². The second-order valence-electron chi connectivity index (χ2n) is 10.8. The Kier molecular flexibility index (Phi) is 4.23. The molecule has 2 saturated heterocycles. The molecule has 0 saturated carbocycles. The Balaban J connectivity index is 1.46. The molecule has 5 atom stereocenters. The molecule has 6 heterocycles. The lowest BCUT2D eigenvalue weighted by Crippen LogP contribution is -2.57. The molecule has 0 radical (unpaired) electrons. The second kappa shape index (κ2) is 7.02. The lowest BCUT2D eigenvalue weighted by atomic mass is 9.86. The summed E-state index contributed by atoms with van der Waals surface area (Å²) in [5.41, 5.74) is -0.553. The minimum atomic E-state index is -1.38. The largest absolute Gasteiger partial charge is 0.334 e. The topological polar surface area (TPSA) is 106 Å². The summed E-state index contributed by atoms with van der Waals surface area (Å²) < 4.78 is 8.47. The van der Waals surface area contributed by atoms with Gasteiger partial charge in [0.15, 0.2) is 11.5 Å². The number of nitrogens with zero attached hydrogens (tertiary/aromatic N) is 3. The molecule has 3 aromatic rings. The van der Waals surface area contributed by atoms with Gasteiger partial charge >= 0.3 is 0 Å². The van der Waals surface area contributed by atoms with Crippen molar-refractivity contribution in [3.63, 3.8) is 0 Å². The Bertz CT molecular complexity index is 1530. The number of para-hydroxylation sites is 2. The maximum atomic E-state index is 13.7. The summed E-state index contributed by atoms with van der Waals surface area (Å²) >= 11 is 0. The highest BCUT2D eigenvalue weighted by atomic mass is 16.5. The summed E-state index contributed by atoms with van der Waals surface area (Å²) in [6.45, 7) is 5.93. The first-order chi connectivity index (χ1) is 17.2. The van der Waals surface area contributed by atoms with Gasteiger partial charge in [0, 0.05) is 12.0 Å². The predicted molar refractivity (Wildman–Crippen MR) is 132 cm³/mol. The molecule has 184 valence electrons.